The average Bonchev–Trinajstić information content (AvgIpc) is 2.96. The van der Waals surface area contributed by atoms with Gasteiger partial charge in [-0.3, -0.25) is 0 Å². The molecule has 3 heterocycles. The van der Waals surface area contributed by atoms with Gasteiger partial charge in [0.05, 0.1) is 32.6 Å². The number of aromatic nitrogens is 2. The van der Waals surface area contributed by atoms with Gasteiger partial charge in [0.15, 0.2) is 5.82 Å². The Morgan fingerprint density at radius 2 is 2.05 bits per heavy atom. The highest BCUT2D eigenvalue weighted by molar-refractivity contribution is 5.89. The molecule has 38 heavy (non-hydrogen) atoms. The Morgan fingerprint density at radius 3 is 2.76 bits per heavy atom. The zero-order valence-corrected chi connectivity index (χ0v) is 22.3. The third-order valence-corrected chi connectivity index (χ3v) is 7.09. The molecule has 2 aliphatic heterocycles. The van der Waals surface area contributed by atoms with Crippen molar-refractivity contribution in [1.29, 1.82) is 0 Å². The minimum absolute atomic E-state index is 0.232. The molecule has 0 radical (unpaired) electrons. The van der Waals surface area contributed by atoms with Gasteiger partial charge in [0.25, 0.3) is 0 Å². The number of hydrogen-bond acceptors (Lipinski definition) is 7. The number of methoxy groups -OCH3 is 1. The van der Waals surface area contributed by atoms with Gasteiger partial charge in [-0.25, -0.2) is 19.6 Å². The fourth-order valence-corrected chi connectivity index (χ4v) is 4.57. The average molecular weight is 521 g/mol. The van der Waals surface area contributed by atoms with Crippen molar-refractivity contribution < 1.29 is 19.1 Å². The van der Waals surface area contributed by atoms with Crippen molar-refractivity contribution in [3.05, 3.63) is 35.5 Å². The summed E-state index contributed by atoms with van der Waals surface area (Å²) in [4.78, 5) is 38.0. The lowest BCUT2D eigenvalue weighted by atomic mass is 10.0. The largest absolute Gasteiger partial charge is 0.453 e. The molecule has 2 N–H and O–H groups in total. The Kier molecular flexibility index (Phi) is 9.02. The number of ether oxygens (including phenoxy) is 2. The fraction of sp³-hybridized carbons (Fsp3) is 0.500. The molecule has 10 nitrogen and oxygen atoms in total. The van der Waals surface area contributed by atoms with E-state index in [9.17, 15) is 9.59 Å². The van der Waals surface area contributed by atoms with Gasteiger partial charge in [-0.15, -0.1) is 6.42 Å². The number of morpholine rings is 1. The highest BCUT2D eigenvalue weighted by Gasteiger charge is 2.31. The van der Waals surface area contributed by atoms with E-state index in [4.69, 9.17) is 25.9 Å². The number of urea groups is 1. The van der Waals surface area contributed by atoms with Gasteiger partial charge in [0, 0.05) is 36.4 Å². The van der Waals surface area contributed by atoms with E-state index in [1.807, 2.05) is 24.3 Å². The zero-order chi connectivity index (χ0) is 27.1. The van der Waals surface area contributed by atoms with Gasteiger partial charge < -0.3 is 29.9 Å². The smallest absolute Gasteiger partial charge is 0.409 e. The van der Waals surface area contributed by atoms with E-state index in [1.165, 1.54) is 7.11 Å². The number of nitrogens with one attached hydrogen (secondary N) is 2. The number of benzene rings is 1. The maximum atomic E-state index is 12.3. The van der Waals surface area contributed by atoms with Gasteiger partial charge in [0.1, 0.15) is 11.9 Å². The van der Waals surface area contributed by atoms with Gasteiger partial charge in [0.2, 0.25) is 0 Å². The number of anilines is 2. The molecule has 2 unspecified atom stereocenters. The number of rotatable bonds is 7. The summed E-state index contributed by atoms with van der Waals surface area (Å²) in [5, 5.41) is 5.77. The van der Waals surface area contributed by atoms with Gasteiger partial charge in [-0.05, 0) is 43.0 Å². The van der Waals surface area contributed by atoms with Crippen LogP contribution in [-0.2, 0) is 22.4 Å². The van der Waals surface area contributed by atoms with Crippen LogP contribution in [0, 0.1) is 18.3 Å². The summed E-state index contributed by atoms with van der Waals surface area (Å²) in [5.74, 6) is 4.69. The van der Waals surface area contributed by atoms with Crippen LogP contribution < -0.4 is 15.5 Å². The number of nitrogens with zero attached hydrogens (tertiary/aromatic N) is 4. The van der Waals surface area contributed by atoms with Crippen molar-refractivity contribution >= 4 is 23.6 Å². The van der Waals surface area contributed by atoms with E-state index in [-0.39, 0.29) is 18.2 Å². The molecular weight excluding hydrogens is 484 g/mol. The van der Waals surface area contributed by atoms with Gasteiger partial charge >= 0.3 is 12.1 Å². The lowest BCUT2D eigenvalue weighted by Crippen LogP contribution is -2.46. The Bertz CT molecular complexity index is 1180. The van der Waals surface area contributed by atoms with Crippen LogP contribution in [0.2, 0.25) is 0 Å². The molecule has 1 fully saturated rings. The third kappa shape index (κ3) is 6.34. The summed E-state index contributed by atoms with van der Waals surface area (Å²) in [5.41, 5.74) is 3.22. The molecule has 202 valence electrons. The molecule has 1 aromatic carbocycles. The normalized spacial score (nSPS) is 17.7. The Hall–Kier alpha value is -3.84. The lowest BCUT2D eigenvalue weighted by molar-refractivity contribution is 0.107. The molecule has 1 saturated heterocycles. The van der Waals surface area contributed by atoms with E-state index in [0.29, 0.717) is 63.2 Å². The van der Waals surface area contributed by atoms with Crippen molar-refractivity contribution in [2.75, 3.05) is 50.2 Å². The number of carbonyl (C=O) groups excluding carboxylic acids is 2. The van der Waals surface area contributed by atoms with Crippen molar-refractivity contribution in [2.45, 2.75) is 45.7 Å². The van der Waals surface area contributed by atoms with E-state index < -0.39 is 0 Å². The summed E-state index contributed by atoms with van der Waals surface area (Å²) in [7, 11) is 1.38. The summed E-state index contributed by atoms with van der Waals surface area (Å²) in [6.07, 6.45) is 8.07. The molecular formula is C28H36N6O4. The quantitative estimate of drug-likeness (QED) is 0.536. The molecule has 2 atom stereocenters. The first-order valence-corrected chi connectivity index (χ1v) is 13.1. The molecule has 3 amide bonds. The molecule has 2 aliphatic rings. The highest BCUT2D eigenvalue weighted by Crippen LogP contribution is 2.32. The maximum absolute atomic E-state index is 12.3. The summed E-state index contributed by atoms with van der Waals surface area (Å²) < 4.78 is 10.5. The highest BCUT2D eigenvalue weighted by atomic mass is 16.5. The number of hydrogen-bond donors (Lipinski definition) is 2. The predicted molar refractivity (Wildman–Crippen MR) is 146 cm³/mol. The van der Waals surface area contributed by atoms with Gasteiger partial charge in [-0.2, -0.15) is 0 Å². The standard InChI is InChI=1S/C28H36N6O4/c1-5-19(3)11-13-29-27(35)30-21-9-7-20(8-10-21)25-31-24-17-33(28(36)37-4)14-12-23(24)26(32-25)34-15-16-38-18-22(34)6-2/h2,7-10,19,22H,5,11-18H2,1,3-4H3,(H2,29,30,35). The van der Waals surface area contributed by atoms with E-state index in [0.717, 1.165) is 35.5 Å². The first kappa shape index (κ1) is 27.2. The van der Waals surface area contributed by atoms with Crippen molar-refractivity contribution in [3.63, 3.8) is 0 Å². The van der Waals surface area contributed by atoms with Crippen molar-refractivity contribution in [1.82, 2.24) is 20.2 Å². The first-order valence-electron chi connectivity index (χ1n) is 13.1. The molecule has 4 rings (SSSR count). The van der Waals surface area contributed by atoms with Crippen LogP contribution in [0.15, 0.2) is 24.3 Å². The SMILES string of the molecule is C#CC1COCCN1c1nc(-c2ccc(NC(=O)NCCC(C)CC)cc2)nc2c1CCN(C(=O)OC)C2. The number of terminal acetylenes is 1. The predicted octanol–water partition coefficient (Wildman–Crippen LogP) is 3.66. The number of carbonyl (C=O) groups is 2. The third-order valence-electron chi connectivity index (χ3n) is 7.09. The molecule has 0 spiro atoms. The Balaban J connectivity index is 1.58. The topological polar surface area (TPSA) is 109 Å². The summed E-state index contributed by atoms with van der Waals surface area (Å²) in [6.45, 7) is 7.39. The maximum Gasteiger partial charge on any atom is 0.409 e. The molecule has 0 bridgehead atoms. The van der Waals surface area contributed by atoms with Crippen LogP contribution in [-0.4, -0.2) is 73.0 Å². The fourth-order valence-electron chi connectivity index (χ4n) is 4.57. The minimum atomic E-state index is -0.386. The van der Waals surface area contributed by atoms with Crippen LogP contribution in [0.5, 0.6) is 0 Å². The first-order chi connectivity index (χ1) is 18.4. The van der Waals surface area contributed by atoms with Gasteiger partial charge in [-0.1, -0.05) is 26.2 Å². The van der Waals surface area contributed by atoms with E-state index >= 15 is 0 Å². The zero-order valence-electron chi connectivity index (χ0n) is 22.3. The van der Waals surface area contributed by atoms with Crippen molar-refractivity contribution in [2.24, 2.45) is 5.92 Å². The number of fused-ring (bicyclic) bond motifs is 1. The molecule has 1 aromatic heterocycles. The number of amides is 3. The summed E-state index contributed by atoms with van der Waals surface area (Å²) >= 11 is 0. The second-order valence-corrected chi connectivity index (χ2v) is 9.65. The second-order valence-electron chi connectivity index (χ2n) is 9.65. The minimum Gasteiger partial charge on any atom is -0.453 e. The Morgan fingerprint density at radius 1 is 1.26 bits per heavy atom. The van der Waals surface area contributed by atoms with Crippen LogP contribution in [0.1, 0.15) is 37.9 Å². The summed E-state index contributed by atoms with van der Waals surface area (Å²) in [6, 6.07) is 6.93. The van der Waals surface area contributed by atoms with E-state index in [2.05, 4.69) is 35.3 Å². The molecule has 2 aromatic rings. The van der Waals surface area contributed by atoms with Crippen LogP contribution in [0.4, 0.5) is 21.1 Å². The monoisotopic (exact) mass is 520 g/mol. The Labute approximate surface area is 224 Å². The van der Waals surface area contributed by atoms with E-state index in [1.54, 1.807) is 4.90 Å². The van der Waals surface area contributed by atoms with Crippen LogP contribution >= 0.6 is 0 Å². The lowest BCUT2D eigenvalue weighted by Gasteiger charge is -2.37. The van der Waals surface area contributed by atoms with Crippen molar-refractivity contribution in [3.8, 4) is 23.7 Å². The van der Waals surface area contributed by atoms with Crippen LogP contribution in [0.3, 0.4) is 0 Å². The van der Waals surface area contributed by atoms with Crippen LogP contribution in [0.25, 0.3) is 11.4 Å². The molecule has 0 aliphatic carbocycles. The molecule has 10 heteroatoms. The second kappa shape index (κ2) is 12.6. The molecule has 0 saturated carbocycles.